The Labute approximate surface area is 113 Å². The van der Waals surface area contributed by atoms with Crippen molar-refractivity contribution in [1.82, 2.24) is 14.9 Å². The summed E-state index contributed by atoms with van der Waals surface area (Å²) in [6.45, 7) is 5.63. The molecule has 1 saturated heterocycles. The number of aromatic amines is 1. The molecule has 1 aromatic heterocycles. The van der Waals surface area contributed by atoms with Crippen LogP contribution in [0.5, 0.6) is 0 Å². The van der Waals surface area contributed by atoms with Crippen LogP contribution in [0.1, 0.15) is 17.1 Å². The van der Waals surface area contributed by atoms with Gasteiger partial charge in [0.25, 0.3) is 0 Å². The van der Waals surface area contributed by atoms with E-state index >= 15 is 0 Å². The predicted molar refractivity (Wildman–Crippen MR) is 73.6 cm³/mol. The Hall–Kier alpha value is -1.65. The molecule has 4 heteroatoms. The average Bonchev–Trinajstić information content (AvgIpc) is 2.79. The summed E-state index contributed by atoms with van der Waals surface area (Å²) in [5, 5.41) is 0. The number of likely N-dealkylation sites (tertiary alicyclic amines) is 1. The number of benzene rings is 1. The van der Waals surface area contributed by atoms with Gasteiger partial charge in [-0.05, 0) is 12.5 Å². The van der Waals surface area contributed by atoms with E-state index in [9.17, 15) is 0 Å². The first kappa shape index (κ1) is 12.4. The van der Waals surface area contributed by atoms with Gasteiger partial charge in [0.1, 0.15) is 5.82 Å². The number of rotatable bonds is 5. The maximum absolute atomic E-state index is 5.87. The van der Waals surface area contributed by atoms with E-state index in [4.69, 9.17) is 4.74 Å². The second-order valence-electron chi connectivity index (χ2n) is 5.11. The lowest BCUT2D eigenvalue weighted by atomic mass is 10.1. The van der Waals surface area contributed by atoms with Gasteiger partial charge in [-0.3, -0.25) is 4.90 Å². The standard InChI is InChI=1S/C15H19N3O/c1-12-16-7-14(17-12)8-18-9-15(10-18)19-11-13-5-3-2-4-6-13/h2-7,15H,8-11H2,1H3,(H,16,17). The van der Waals surface area contributed by atoms with E-state index in [0.717, 1.165) is 25.5 Å². The van der Waals surface area contributed by atoms with Crippen LogP contribution in [0.3, 0.4) is 0 Å². The molecule has 0 unspecified atom stereocenters. The fourth-order valence-corrected chi connectivity index (χ4v) is 2.34. The van der Waals surface area contributed by atoms with Crippen LogP contribution in [0, 0.1) is 6.92 Å². The first-order chi connectivity index (χ1) is 9.29. The van der Waals surface area contributed by atoms with Crippen LogP contribution in [-0.2, 0) is 17.9 Å². The first-order valence-corrected chi connectivity index (χ1v) is 6.68. The molecule has 100 valence electrons. The molecular formula is C15H19N3O. The lowest BCUT2D eigenvalue weighted by molar-refractivity contribution is -0.0662. The van der Waals surface area contributed by atoms with Crippen molar-refractivity contribution in [3.8, 4) is 0 Å². The van der Waals surface area contributed by atoms with Crippen LogP contribution in [0.25, 0.3) is 0 Å². The third kappa shape index (κ3) is 3.22. The number of hydrogen-bond acceptors (Lipinski definition) is 3. The SMILES string of the molecule is Cc1ncc(CN2CC(OCc3ccccc3)C2)[nH]1. The zero-order chi connectivity index (χ0) is 13.1. The predicted octanol–water partition coefficient (Wildman–Crippen LogP) is 2.12. The van der Waals surface area contributed by atoms with Gasteiger partial charge in [-0.15, -0.1) is 0 Å². The van der Waals surface area contributed by atoms with Gasteiger partial charge in [0.2, 0.25) is 0 Å². The Bertz CT molecular complexity index is 517. The Balaban J connectivity index is 1.39. The van der Waals surface area contributed by atoms with Crippen molar-refractivity contribution in [3.63, 3.8) is 0 Å². The third-order valence-electron chi connectivity index (χ3n) is 3.40. The number of nitrogens with zero attached hydrogens (tertiary/aromatic N) is 2. The number of aryl methyl sites for hydroxylation is 1. The van der Waals surface area contributed by atoms with Gasteiger partial charge < -0.3 is 9.72 Å². The number of aromatic nitrogens is 2. The molecule has 2 aromatic rings. The normalized spacial score (nSPS) is 16.5. The second kappa shape index (κ2) is 5.55. The summed E-state index contributed by atoms with van der Waals surface area (Å²) in [5.74, 6) is 0.979. The Morgan fingerprint density at radius 2 is 2.11 bits per heavy atom. The molecule has 2 heterocycles. The molecule has 1 aliphatic heterocycles. The summed E-state index contributed by atoms with van der Waals surface area (Å²) in [6.07, 6.45) is 2.28. The summed E-state index contributed by atoms with van der Waals surface area (Å²) in [4.78, 5) is 9.83. The van der Waals surface area contributed by atoms with Gasteiger partial charge in [-0.1, -0.05) is 30.3 Å². The van der Waals surface area contributed by atoms with Crippen LogP contribution in [0.4, 0.5) is 0 Å². The number of nitrogens with one attached hydrogen (secondary N) is 1. The molecule has 1 fully saturated rings. The van der Waals surface area contributed by atoms with Crippen LogP contribution in [0.2, 0.25) is 0 Å². The lowest BCUT2D eigenvalue weighted by Gasteiger charge is -2.38. The van der Waals surface area contributed by atoms with E-state index in [1.165, 1.54) is 11.3 Å². The number of ether oxygens (including phenoxy) is 1. The van der Waals surface area contributed by atoms with E-state index in [1.54, 1.807) is 0 Å². The molecule has 4 nitrogen and oxygen atoms in total. The lowest BCUT2D eigenvalue weighted by Crippen LogP contribution is -2.51. The van der Waals surface area contributed by atoms with Crippen molar-refractivity contribution >= 4 is 0 Å². The summed E-state index contributed by atoms with van der Waals surface area (Å²) < 4.78 is 5.87. The fourth-order valence-electron chi connectivity index (χ4n) is 2.34. The van der Waals surface area contributed by atoms with E-state index < -0.39 is 0 Å². The summed E-state index contributed by atoms with van der Waals surface area (Å²) >= 11 is 0. The molecule has 0 saturated carbocycles. The van der Waals surface area contributed by atoms with Crippen molar-refractivity contribution in [2.75, 3.05) is 13.1 Å². The van der Waals surface area contributed by atoms with Gasteiger partial charge in [-0.25, -0.2) is 4.98 Å². The second-order valence-corrected chi connectivity index (χ2v) is 5.11. The molecule has 0 bridgehead atoms. The minimum Gasteiger partial charge on any atom is -0.371 e. The Kier molecular flexibility index (Phi) is 3.62. The highest BCUT2D eigenvalue weighted by Crippen LogP contribution is 2.16. The maximum atomic E-state index is 5.87. The van der Waals surface area contributed by atoms with E-state index in [-0.39, 0.29) is 0 Å². The smallest absolute Gasteiger partial charge is 0.103 e. The quantitative estimate of drug-likeness (QED) is 0.892. The number of H-pyrrole nitrogens is 1. The van der Waals surface area contributed by atoms with Gasteiger partial charge in [0.05, 0.1) is 12.7 Å². The van der Waals surface area contributed by atoms with Crippen LogP contribution in [0.15, 0.2) is 36.5 Å². The molecule has 0 atom stereocenters. The summed E-state index contributed by atoms with van der Waals surface area (Å²) in [5.41, 5.74) is 2.42. The molecular weight excluding hydrogens is 238 g/mol. The molecule has 1 N–H and O–H groups in total. The third-order valence-corrected chi connectivity index (χ3v) is 3.40. The molecule has 3 rings (SSSR count). The average molecular weight is 257 g/mol. The zero-order valence-corrected chi connectivity index (χ0v) is 11.2. The van der Waals surface area contributed by atoms with E-state index in [0.29, 0.717) is 12.7 Å². The molecule has 0 aliphatic carbocycles. The topological polar surface area (TPSA) is 41.2 Å². The van der Waals surface area contributed by atoms with E-state index in [1.807, 2.05) is 31.3 Å². The highest BCUT2D eigenvalue weighted by molar-refractivity contribution is 5.13. The number of imidazole rings is 1. The minimum absolute atomic E-state index is 0.365. The largest absolute Gasteiger partial charge is 0.371 e. The number of hydrogen-bond donors (Lipinski definition) is 1. The van der Waals surface area contributed by atoms with Crippen molar-refractivity contribution in [2.24, 2.45) is 0 Å². The molecule has 1 aromatic carbocycles. The van der Waals surface area contributed by atoms with Crippen LogP contribution < -0.4 is 0 Å². The summed E-state index contributed by atoms with van der Waals surface area (Å²) in [6, 6.07) is 10.3. The van der Waals surface area contributed by atoms with Crippen molar-refractivity contribution in [1.29, 1.82) is 0 Å². The molecule has 0 spiro atoms. The van der Waals surface area contributed by atoms with Crippen LogP contribution in [-0.4, -0.2) is 34.1 Å². The molecule has 0 radical (unpaired) electrons. The molecule has 0 amide bonds. The van der Waals surface area contributed by atoms with Crippen molar-refractivity contribution < 1.29 is 4.74 Å². The van der Waals surface area contributed by atoms with Gasteiger partial charge in [-0.2, -0.15) is 0 Å². The van der Waals surface area contributed by atoms with Gasteiger partial charge >= 0.3 is 0 Å². The highest BCUT2D eigenvalue weighted by atomic mass is 16.5. The fraction of sp³-hybridized carbons (Fsp3) is 0.400. The maximum Gasteiger partial charge on any atom is 0.103 e. The monoisotopic (exact) mass is 257 g/mol. The van der Waals surface area contributed by atoms with Crippen LogP contribution >= 0.6 is 0 Å². The Morgan fingerprint density at radius 3 is 2.79 bits per heavy atom. The van der Waals surface area contributed by atoms with Gasteiger partial charge in [0, 0.05) is 31.5 Å². The molecule has 19 heavy (non-hydrogen) atoms. The van der Waals surface area contributed by atoms with Gasteiger partial charge in [0.15, 0.2) is 0 Å². The van der Waals surface area contributed by atoms with Crippen molar-refractivity contribution in [2.45, 2.75) is 26.2 Å². The van der Waals surface area contributed by atoms with Crippen molar-refractivity contribution in [3.05, 3.63) is 53.6 Å². The molecule has 1 aliphatic rings. The highest BCUT2D eigenvalue weighted by Gasteiger charge is 2.27. The first-order valence-electron chi connectivity index (χ1n) is 6.68. The zero-order valence-electron chi connectivity index (χ0n) is 11.2. The minimum atomic E-state index is 0.365. The summed E-state index contributed by atoms with van der Waals surface area (Å²) in [7, 11) is 0. The van der Waals surface area contributed by atoms with E-state index in [2.05, 4.69) is 27.0 Å². The Morgan fingerprint density at radius 1 is 1.32 bits per heavy atom.